The maximum absolute atomic E-state index is 13.6. The monoisotopic (exact) mass is 472 g/mol. The van der Waals surface area contributed by atoms with Gasteiger partial charge in [0.2, 0.25) is 0 Å². The van der Waals surface area contributed by atoms with Gasteiger partial charge < -0.3 is 4.43 Å². The lowest BCUT2D eigenvalue weighted by molar-refractivity contribution is 0.497. The van der Waals surface area contributed by atoms with Crippen LogP contribution in [0.1, 0.15) is 97.8 Å². The van der Waals surface area contributed by atoms with Crippen molar-refractivity contribution in [3.8, 4) is 5.75 Å². The molecule has 0 saturated carbocycles. The standard InChI is InChI=1S/C24H42BrFOSi/c1-4-7-10-13-18-28(19-14-11-8-5-2,20-15-12-9-6-3)27-24-17-16-22(26)21-23(24)25/h16-17,21H,4-15,18-20H2,1-3H3. The zero-order chi connectivity index (χ0) is 20.7. The van der Waals surface area contributed by atoms with Gasteiger partial charge in [0.25, 0.3) is 8.32 Å². The molecule has 0 unspecified atom stereocenters. The molecule has 0 aliphatic rings. The lowest BCUT2D eigenvalue weighted by atomic mass is 10.2. The van der Waals surface area contributed by atoms with Gasteiger partial charge in [0.15, 0.2) is 0 Å². The van der Waals surface area contributed by atoms with Crippen LogP contribution in [0.15, 0.2) is 22.7 Å². The van der Waals surface area contributed by atoms with Gasteiger partial charge in [-0.05, 0) is 52.3 Å². The number of hydrogen-bond donors (Lipinski definition) is 0. The fourth-order valence-electron chi connectivity index (χ4n) is 3.94. The van der Waals surface area contributed by atoms with Crippen molar-refractivity contribution in [3.63, 3.8) is 0 Å². The van der Waals surface area contributed by atoms with Gasteiger partial charge in [0, 0.05) is 0 Å². The number of benzene rings is 1. The van der Waals surface area contributed by atoms with Crippen LogP contribution in [0.5, 0.6) is 5.75 Å². The van der Waals surface area contributed by atoms with Gasteiger partial charge in [-0.2, -0.15) is 0 Å². The number of unbranched alkanes of at least 4 members (excludes halogenated alkanes) is 9. The van der Waals surface area contributed by atoms with Gasteiger partial charge in [-0.1, -0.05) is 97.8 Å². The van der Waals surface area contributed by atoms with Crippen LogP contribution in [0, 0.1) is 5.82 Å². The molecule has 4 heteroatoms. The van der Waals surface area contributed by atoms with Crippen LogP contribution in [0.3, 0.4) is 0 Å². The second-order valence-corrected chi connectivity index (χ2v) is 13.2. The van der Waals surface area contributed by atoms with E-state index < -0.39 is 8.32 Å². The molecule has 0 spiro atoms. The summed E-state index contributed by atoms with van der Waals surface area (Å²) in [5, 5.41) is 0. The van der Waals surface area contributed by atoms with Crippen molar-refractivity contribution >= 4 is 24.2 Å². The molecule has 1 aromatic rings. The van der Waals surface area contributed by atoms with Crippen LogP contribution in [0.2, 0.25) is 18.1 Å². The lowest BCUT2D eigenvalue weighted by Crippen LogP contribution is -2.41. The molecule has 0 aliphatic carbocycles. The maximum atomic E-state index is 13.6. The summed E-state index contributed by atoms with van der Waals surface area (Å²) in [6, 6.07) is 8.63. The van der Waals surface area contributed by atoms with Crippen LogP contribution in [0.4, 0.5) is 4.39 Å². The molecule has 0 aromatic heterocycles. The lowest BCUT2D eigenvalue weighted by Gasteiger charge is -2.33. The van der Waals surface area contributed by atoms with Crippen LogP contribution < -0.4 is 4.43 Å². The summed E-state index contributed by atoms with van der Waals surface area (Å²) in [6.07, 6.45) is 15.5. The van der Waals surface area contributed by atoms with Crippen molar-refractivity contribution < 1.29 is 8.82 Å². The smallest absolute Gasteiger partial charge is 0.251 e. The van der Waals surface area contributed by atoms with E-state index in [1.807, 2.05) is 6.07 Å². The molecule has 0 amide bonds. The zero-order valence-corrected chi connectivity index (χ0v) is 21.1. The Bertz CT molecular complexity index is 492. The minimum Gasteiger partial charge on any atom is -0.543 e. The first-order valence-corrected chi connectivity index (χ1v) is 15.0. The van der Waals surface area contributed by atoms with E-state index in [0.717, 1.165) is 10.2 Å². The van der Waals surface area contributed by atoms with E-state index in [0.29, 0.717) is 0 Å². The molecule has 0 saturated heterocycles. The van der Waals surface area contributed by atoms with E-state index in [-0.39, 0.29) is 5.82 Å². The summed E-state index contributed by atoms with van der Waals surface area (Å²) in [6.45, 7) is 6.81. The van der Waals surface area contributed by atoms with Gasteiger partial charge >= 0.3 is 0 Å². The predicted molar refractivity (Wildman–Crippen MR) is 127 cm³/mol. The summed E-state index contributed by atoms with van der Waals surface area (Å²) < 4.78 is 21.2. The molecule has 1 nitrogen and oxygen atoms in total. The van der Waals surface area contributed by atoms with Crippen LogP contribution in [-0.2, 0) is 0 Å². The first-order chi connectivity index (χ1) is 13.6. The highest BCUT2D eigenvalue weighted by atomic mass is 79.9. The van der Waals surface area contributed by atoms with Gasteiger partial charge in [-0.15, -0.1) is 0 Å². The molecular formula is C24H42BrFOSi. The molecule has 0 aliphatic heterocycles. The van der Waals surface area contributed by atoms with E-state index in [2.05, 4.69) is 36.7 Å². The Morgan fingerprint density at radius 2 is 1.21 bits per heavy atom. The molecule has 0 N–H and O–H groups in total. The Labute approximate surface area is 183 Å². The molecule has 1 rings (SSSR count). The van der Waals surface area contributed by atoms with Crippen molar-refractivity contribution in [3.05, 3.63) is 28.5 Å². The third-order valence-electron chi connectivity index (χ3n) is 5.68. The van der Waals surface area contributed by atoms with Crippen LogP contribution >= 0.6 is 15.9 Å². The third kappa shape index (κ3) is 10.4. The van der Waals surface area contributed by atoms with Crippen LogP contribution in [0.25, 0.3) is 0 Å². The number of hydrogen-bond acceptors (Lipinski definition) is 1. The highest BCUT2D eigenvalue weighted by Gasteiger charge is 2.36. The summed E-state index contributed by atoms with van der Waals surface area (Å²) in [7, 11) is -1.89. The van der Waals surface area contributed by atoms with Crippen molar-refractivity contribution in [2.45, 2.75) is 116 Å². The molecule has 0 atom stereocenters. The van der Waals surface area contributed by atoms with Crippen molar-refractivity contribution in [1.82, 2.24) is 0 Å². The Kier molecular flexibility index (Phi) is 14.2. The Morgan fingerprint density at radius 1 is 0.750 bits per heavy atom. The molecule has 1 aromatic carbocycles. The van der Waals surface area contributed by atoms with E-state index >= 15 is 0 Å². The van der Waals surface area contributed by atoms with E-state index in [4.69, 9.17) is 4.43 Å². The fourth-order valence-corrected chi connectivity index (χ4v) is 8.91. The topological polar surface area (TPSA) is 9.23 Å². The van der Waals surface area contributed by atoms with Crippen LogP contribution in [-0.4, -0.2) is 8.32 Å². The Balaban J connectivity index is 2.92. The predicted octanol–water partition coefficient (Wildman–Crippen LogP) is 9.65. The Hall–Kier alpha value is -0.353. The normalized spacial score (nSPS) is 11.8. The van der Waals surface area contributed by atoms with Gasteiger partial charge in [0.05, 0.1) is 4.47 Å². The van der Waals surface area contributed by atoms with Gasteiger partial charge in [-0.3, -0.25) is 0 Å². The summed E-state index contributed by atoms with van der Waals surface area (Å²) in [5.41, 5.74) is 0. The quantitative estimate of drug-likeness (QED) is 0.162. The summed E-state index contributed by atoms with van der Waals surface area (Å²) in [4.78, 5) is 0. The second kappa shape index (κ2) is 15.5. The molecule has 28 heavy (non-hydrogen) atoms. The molecule has 0 radical (unpaired) electrons. The second-order valence-electron chi connectivity index (χ2n) is 8.29. The average Bonchev–Trinajstić information content (AvgIpc) is 2.68. The summed E-state index contributed by atoms with van der Waals surface area (Å²) in [5.74, 6) is 0.648. The van der Waals surface area contributed by atoms with Crippen molar-refractivity contribution in [2.75, 3.05) is 0 Å². The van der Waals surface area contributed by atoms with E-state index in [9.17, 15) is 4.39 Å². The van der Waals surface area contributed by atoms with Gasteiger partial charge in [-0.25, -0.2) is 4.39 Å². The number of rotatable bonds is 17. The third-order valence-corrected chi connectivity index (χ3v) is 10.7. The van der Waals surface area contributed by atoms with Gasteiger partial charge in [0.1, 0.15) is 11.6 Å². The Morgan fingerprint density at radius 3 is 1.61 bits per heavy atom. The number of halogens is 2. The van der Waals surface area contributed by atoms with Crippen molar-refractivity contribution in [1.29, 1.82) is 0 Å². The maximum Gasteiger partial charge on any atom is 0.251 e. The van der Waals surface area contributed by atoms with Crippen molar-refractivity contribution in [2.24, 2.45) is 0 Å². The van der Waals surface area contributed by atoms with E-state index in [1.165, 1.54) is 101 Å². The first-order valence-electron chi connectivity index (χ1n) is 11.7. The summed E-state index contributed by atoms with van der Waals surface area (Å²) >= 11 is 3.54. The molecular weight excluding hydrogens is 431 g/mol. The first kappa shape index (κ1) is 25.7. The zero-order valence-electron chi connectivity index (χ0n) is 18.5. The van der Waals surface area contributed by atoms with E-state index in [1.54, 1.807) is 6.07 Å². The highest BCUT2D eigenvalue weighted by molar-refractivity contribution is 9.10. The minimum absolute atomic E-state index is 0.208. The SMILES string of the molecule is CCCCCC[Si](CCCCCC)(CCCCCC)Oc1ccc(F)cc1Br. The molecule has 0 bridgehead atoms. The average molecular weight is 474 g/mol. The highest BCUT2D eigenvalue weighted by Crippen LogP contribution is 2.35. The fraction of sp³-hybridized carbons (Fsp3) is 0.750. The minimum atomic E-state index is -1.89. The molecule has 0 fully saturated rings. The molecule has 0 heterocycles. The molecule has 162 valence electrons. The largest absolute Gasteiger partial charge is 0.543 e.